The van der Waals surface area contributed by atoms with Crippen molar-refractivity contribution in [1.82, 2.24) is 25.6 Å². The molecule has 0 amide bonds. The number of aryl methyl sites for hydroxylation is 2. The Morgan fingerprint density at radius 2 is 1.96 bits per heavy atom. The molecule has 0 aliphatic carbocycles. The van der Waals surface area contributed by atoms with E-state index in [1.165, 1.54) is 11.3 Å². The third-order valence-corrected chi connectivity index (χ3v) is 4.37. The molecule has 2 N–H and O–H groups in total. The maximum absolute atomic E-state index is 5.39. The van der Waals surface area contributed by atoms with Crippen molar-refractivity contribution < 1.29 is 4.52 Å². The van der Waals surface area contributed by atoms with Crippen LogP contribution in [0.2, 0.25) is 0 Å². The summed E-state index contributed by atoms with van der Waals surface area (Å²) in [5.74, 6) is 1.94. The molecule has 0 radical (unpaired) electrons. The molecule has 0 aromatic carbocycles. The minimum Gasteiger partial charge on any atom is -0.359 e. The zero-order valence-corrected chi connectivity index (χ0v) is 19.6. The van der Waals surface area contributed by atoms with Crippen LogP contribution in [0.15, 0.2) is 15.6 Å². The van der Waals surface area contributed by atoms with Crippen molar-refractivity contribution in [3.05, 3.63) is 34.5 Å². The second-order valence-corrected chi connectivity index (χ2v) is 6.62. The largest absolute Gasteiger partial charge is 0.359 e. The first kappa shape index (κ1) is 23.5. The normalized spacial score (nSPS) is 11.6. The third kappa shape index (κ3) is 6.22. The lowest BCUT2D eigenvalue weighted by Crippen LogP contribution is -2.36. The van der Waals surface area contributed by atoms with Crippen LogP contribution in [0.25, 0.3) is 0 Å². The van der Waals surface area contributed by atoms with E-state index in [-0.39, 0.29) is 24.0 Å². The highest BCUT2D eigenvalue weighted by molar-refractivity contribution is 14.0. The summed E-state index contributed by atoms with van der Waals surface area (Å²) in [6, 6.07) is 1.99. The van der Waals surface area contributed by atoms with Gasteiger partial charge in [0.15, 0.2) is 11.7 Å². The van der Waals surface area contributed by atoms with E-state index in [0.717, 1.165) is 42.5 Å². The first-order valence-corrected chi connectivity index (χ1v) is 9.51. The standard InChI is InChI=1S/C19H32N6O.HI/c1-7-16-15(18(8-2)25(6)23-16)12-22-19(20-9-3)21-11-14-10-17(13(4)5)24-26-14;/h10,13H,7-9,11-12H2,1-6H3,(H2,20,21,22);1H. The first-order valence-electron chi connectivity index (χ1n) is 9.51. The number of hydrogen-bond acceptors (Lipinski definition) is 4. The van der Waals surface area contributed by atoms with E-state index >= 15 is 0 Å². The first-order chi connectivity index (χ1) is 12.5. The van der Waals surface area contributed by atoms with Gasteiger partial charge < -0.3 is 15.2 Å². The predicted molar refractivity (Wildman–Crippen MR) is 120 cm³/mol. The van der Waals surface area contributed by atoms with Crippen LogP contribution < -0.4 is 10.6 Å². The molecule has 2 aromatic heterocycles. The number of guanidine groups is 1. The summed E-state index contributed by atoms with van der Waals surface area (Å²) < 4.78 is 7.36. The zero-order valence-electron chi connectivity index (χ0n) is 17.3. The number of aromatic nitrogens is 3. The molecule has 2 heterocycles. The Morgan fingerprint density at radius 1 is 1.22 bits per heavy atom. The fraction of sp³-hybridized carbons (Fsp3) is 0.632. The van der Waals surface area contributed by atoms with Crippen molar-refractivity contribution in [1.29, 1.82) is 0 Å². The van der Waals surface area contributed by atoms with Crippen LogP contribution in [0.3, 0.4) is 0 Å². The van der Waals surface area contributed by atoms with Crippen molar-refractivity contribution in [2.45, 2.75) is 66.5 Å². The van der Waals surface area contributed by atoms with Crippen LogP contribution >= 0.6 is 24.0 Å². The molecule has 0 saturated carbocycles. The minimum absolute atomic E-state index is 0. The van der Waals surface area contributed by atoms with Gasteiger partial charge in [-0.05, 0) is 25.7 Å². The molecule has 0 bridgehead atoms. The highest BCUT2D eigenvalue weighted by Crippen LogP contribution is 2.17. The topological polar surface area (TPSA) is 80.3 Å². The summed E-state index contributed by atoms with van der Waals surface area (Å²) in [6.07, 6.45) is 1.87. The Hall–Kier alpha value is -1.58. The monoisotopic (exact) mass is 488 g/mol. The van der Waals surface area contributed by atoms with Gasteiger partial charge in [-0.1, -0.05) is 32.9 Å². The Labute approximate surface area is 179 Å². The van der Waals surface area contributed by atoms with Gasteiger partial charge in [0.05, 0.1) is 24.5 Å². The molecule has 2 aromatic rings. The van der Waals surface area contributed by atoms with E-state index in [2.05, 4.69) is 55.5 Å². The molecule has 0 fully saturated rings. The molecule has 27 heavy (non-hydrogen) atoms. The summed E-state index contributed by atoms with van der Waals surface area (Å²) in [5, 5.41) is 15.3. The number of rotatable bonds is 8. The minimum atomic E-state index is 0. The second-order valence-electron chi connectivity index (χ2n) is 6.62. The van der Waals surface area contributed by atoms with Crippen molar-refractivity contribution in [3.63, 3.8) is 0 Å². The van der Waals surface area contributed by atoms with Gasteiger partial charge in [0.25, 0.3) is 0 Å². The highest BCUT2D eigenvalue weighted by atomic mass is 127. The zero-order chi connectivity index (χ0) is 19.1. The quantitative estimate of drug-likeness (QED) is 0.338. The number of aliphatic imine (C=N–C) groups is 1. The summed E-state index contributed by atoms with van der Waals surface area (Å²) >= 11 is 0. The molecule has 0 aliphatic rings. The molecule has 0 saturated heterocycles. The van der Waals surface area contributed by atoms with Crippen LogP contribution in [-0.4, -0.2) is 27.4 Å². The van der Waals surface area contributed by atoms with Gasteiger partial charge in [-0.25, -0.2) is 4.99 Å². The number of nitrogens with one attached hydrogen (secondary N) is 2. The summed E-state index contributed by atoms with van der Waals surface area (Å²) in [7, 11) is 2.00. The molecule has 0 unspecified atom stereocenters. The van der Waals surface area contributed by atoms with Gasteiger partial charge in [0.2, 0.25) is 0 Å². The van der Waals surface area contributed by atoms with Crippen LogP contribution in [-0.2, 0) is 33.0 Å². The van der Waals surface area contributed by atoms with Gasteiger partial charge >= 0.3 is 0 Å². The van der Waals surface area contributed by atoms with E-state index in [0.29, 0.717) is 19.0 Å². The Kier molecular flexibility index (Phi) is 9.82. The summed E-state index contributed by atoms with van der Waals surface area (Å²) in [5.41, 5.74) is 4.58. The molecular weight excluding hydrogens is 455 g/mol. The van der Waals surface area contributed by atoms with Gasteiger partial charge in [-0.3, -0.25) is 4.68 Å². The average molecular weight is 488 g/mol. The molecule has 8 heteroatoms. The molecule has 7 nitrogen and oxygen atoms in total. The molecule has 152 valence electrons. The lowest BCUT2D eigenvalue weighted by atomic mass is 10.1. The molecule has 0 aliphatic heterocycles. The van der Waals surface area contributed by atoms with Crippen molar-refractivity contribution >= 4 is 29.9 Å². The van der Waals surface area contributed by atoms with Gasteiger partial charge in [0.1, 0.15) is 0 Å². The van der Waals surface area contributed by atoms with E-state index in [9.17, 15) is 0 Å². The fourth-order valence-electron chi connectivity index (χ4n) is 2.93. The van der Waals surface area contributed by atoms with E-state index in [4.69, 9.17) is 9.52 Å². The highest BCUT2D eigenvalue weighted by Gasteiger charge is 2.13. The lowest BCUT2D eigenvalue weighted by molar-refractivity contribution is 0.372. The molecule has 2 rings (SSSR count). The molecule has 0 atom stereocenters. The van der Waals surface area contributed by atoms with Crippen LogP contribution in [0.4, 0.5) is 0 Å². The van der Waals surface area contributed by atoms with Gasteiger partial charge in [0, 0.05) is 30.9 Å². The van der Waals surface area contributed by atoms with Crippen molar-refractivity contribution in [2.24, 2.45) is 12.0 Å². The Bertz CT molecular complexity index is 735. The Morgan fingerprint density at radius 3 is 2.52 bits per heavy atom. The maximum Gasteiger partial charge on any atom is 0.191 e. The number of halogens is 1. The molecular formula is C19H33IN6O. The van der Waals surface area contributed by atoms with E-state index in [1.54, 1.807) is 0 Å². The predicted octanol–water partition coefficient (Wildman–Crippen LogP) is 3.53. The summed E-state index contributed by atoms with van der Waals surface area (Å²) in [6.45, 7) is 12.5. The second kappa shape index (κ2) is 11.3. The smallest absolute Gasteiger partial charge is 0.191 e. The van der Waals surface area contributed by atoms with E-state index < -0.39 is 0 Å². The number of nitrogens with zero attached hydrogens (tertiary/aromatic N) is 4. The van der Waals surface area contributed by atoms with Crippen molar-refractivity contribution in [3.8, 4) is 0 Å². The maximum atomic E-state index is 5.39. The van der Waals surface area contributed by atoms with Crippen LogP contribution in [0.1, 0.15) is 68.9 Å². The van der Waals surface area contributed by atoms with Crippen LogP contribution in [0.5, 0.6) is 0 Å². The average Bonchev–Trinajstić information content (AvgIpc) is 3.21. The molecule has 0 spiro atoms. The lowest BCUT2D eigenvalue weighted by Gasteiger charge is -2.10. The van der Waals surface area contributed by atoms with Gasteiger partial charge in [-0.2, -0.15) is 5.10 Å². The van der Waals surface area contributed by atoms with Crippen LogP contribution in [0, 0.1) is 0 Å². The van der Waals surface area contributed by atoms with Crippen molar-refractivity contribution in [2.75, 3.05) is 6.54 Å². The fourth-order valence-corrected chi connectivity index (χ4v) is 2.93. The van der Waals surface area contributed by atoms with E-state index in [1.807, 2.05) is 17.8 Å². The summed E-state index contributed by atoms with van der Waals surface area (Å²) in [4.78, 5) is 4.75. The number of hydrogen-bond donors (Lipinski definition) is 2. The Balaban J connectivity index is 0.00000364. The SMILES string of the molecule is CCNC(=NCc1c(CC)nn(C)c1CC)NCc1cc(C(C)C)no1.I. The third-order valence-electron chi connectivity index (χ3n) is 4.37. The van der Waals surface area contributed by atoms with Gasteiger partial charge in [-0.15, -0.1) is 24.0 Å².